The van der Waals surface area contributed by atoms with Gasteiger partial charge in [-0.05, 0) is 25.1 Å². The molecule has 2 aromatic heterocycles. The van der Waals surface area contributed by atoms with Crippen LogP contribution in [0.3, 0.4) is 0 Å². The third-order valence-corrected chi connectivity index (χ3v) is 6.15. The van der Waals surface area contributed by atoms with Gasteiger partial charge in [0.2, 0.25) is 0 Å². The fourth-order valence-corrected chi connectivity index (χ4v) is 4.34. The smallest absolute Gasteiger partial charge is 0.373 e. The molecule has 3 heterocycles. The second-order valence-electron chi connectivity index (χ2n) is 7.93. The highest BCUT2D eigenvalue weighted by Gasteiger charge is 2.34. The number of benzene rings is 1. The van der Waals surface area contributed by atoms with Crippen LogP contribution in [0.15, 0.2) is 52.7 Å². The van der Waals surface area contributed by atoms with Crippen LogP contribution in [-0.4, -0.2) is 44.0 Å². The van der Waals surface area contributed by atoms with Gasteiger partial charge in [-0.15, -0.1) is 11.3 Å². The van der Waals surface area contributed by atoms with Crippen molar-refractivity contribution in [3.63, 3.8) is 0 Å². The molecule has 0 radical (unpaired) electrons. The molecule has 0 saturated carbocycles. The standard InChI is InChI=1S/C21H20ClF3N6OS.CO2/c1-21(26,10-32)9-15-16(14-4-6-31(30-14)20(24)25)17(12-3-2-11(23)8-13(12)22)29-18(28-15)19-27-5-7-33-19;2-1-3/h2-8,17,20,32H,9-10,26H2,1H3,(H,28,29);/t17-,21+;/m0./s1. The molecule has 1 aliphatic heterocycles. The van der Waals surface area contributed by atoms with Gasteiger partial charge in [-0.1, -0.05) is 17.7 Å². The zero-order chi connectivity index (χ0) is 26.5. The quantitative estimate of drug-likeness (QED) is 0.417. The van der Waals surface area contributed by atoms with E-state index in [-0.39, 0.29) is 29.9 Å². The van der Waals surface area contributed by atoms with E-state index in [2.05, 4.69) is 15.4 Å². The summed E-state index contributed by atoms with van der Waals surface area (Å²) in [6, 6.07) is 4.52. The van der Waals surface area contributed by atoms with E-state index in [9.17, 15) is 18.3 Å². The molecule has 0 unspecified atom stereocenters. The average molecular weight is 541 g/mol. The van der Waals surface area contributed by atoms with Crippen molar-refractivity contribution in [3.05, 3.63) is 74.8 Å². The lowest BCUT2D eigenvalue weighted by Gasteiger charge is -2.32. The fraction of sp³-hybridized carbons (Fsp3) is 0.273. The van der Waals surface area contributed by atoms with Crippen molar-refractivity contribution in [2.24, 2.45) is 10.7 Å². The number of nitrogens with one attached hydrogen (secondary N) is 1. The molecule has 0 spiro atoms. The first-order valence-corrected chi connectivity index (χ1v) is 11.5. The normalized spacial score (nSPS) is 17.0. The number of aliphatic imine (C=N–C) groups is 1. The highest BCUT2D eigenvalue weighted by molar-refractivity contribution is 7.11. The maximum absolute atomic E-state index is 13.8. The van der Waals surface area contributed by atoms with Crippen LogP contribution in [0.2, 0.25) is 5.02 Å². The topological polar surface area (TPSA) is 135 Å². The molecule has 0 fully saturated rings. The fourth-order valence-electron chi connectivity index (χ4n) is 3.48. The number of thiazole rings is 1. The van der Waals surface area contributed by atoms with Crippen LogP contribution in [0, 0.1) is 5.82 Å². The first-order valence-electron chi connectivity index (χ1n) is 10.3. The number of aliphatic hydroxyl groups excluding tert-OH is 1. The van der Waals surface area contributed by atoms with Crippen LogP contribution >= 0.6 is 22.9 Å². The number of hydrogen-bond acceptors (Lipinski definition) is 9. The number of alkyl halides is 2. The number of nitrogens with zero attached hydrogens (tertiary/aromatic N) is 4. The van der Waals surface area contributed by atoms with Crippen molar-refractivity contribution in [1.82, 2.24) is 20.1 Å². The SMILES string of the molecule is C[C@](N)(CO)CC1=C(c2ccn(C(F)F)n2)[C@H](c2ccc(F)cc2Cl)N=C(c2nccs2)N1.O=C=O. The number of carbonyl (C=O) groups excluding carboxylic acids is 2. The largest absolute Gasteiger partial charge is 0.394 e. The van der Waals surface area contributed by atoms with E-state index in [1.165, 1.54) is 29.5 Å². The van der Waals surface area contributed by atoms with Gasteiger partial charge >= 0.3 is 12.7 Å². The number of halogens is 4. The molecule has 0 bridgehead atoms. The van der Waals surface area contributed by atoms with Crippen molar-refractivity contribution >= 4 is 40.5 Å². The van der Waals surface area contributed by atoms with E-state index in [1.54, 1.807) is 18.5 Å². The highest BCUT2D eigenvalue weighted by atomic mass is 35.5. The number of aliphatic hydroxyl groups is 1. The highest BCUT2D eigenvalue weighted by Crippen LogP contribution is 2.42. The minimum Gasteiger partial charge on any atom is -0.394 e. The van der Waals surface area contributed by atoms with E-state index in [4.69, 9.17) is 31.9 Å². The number of amidine groups is 1. The number of hydrogen-bond donors (Lipinski definition) is 3. The lowest BCUT2D eigenvalue weighted by molar-refractivity contribution is -0.191. The van der Waals surface area contributed by atoms with E-state index < -0.39 is 23.9 Å². The third-order valence-electron chi connectivity index (χ3n) is 5.04. The van der Waals surface area contributed by atoms with Crippen molar-refractivity contribution < 1.29 is 27.9 Å². The summed E-state index contributed by atoms with van der Waals surface area (Å²) in [5.74, 6) is -0.111. The predicted octanol–water partition coefficient (Wildman–Crippen LogP) is 3.55. The molecule has 0 saturated heterocycles. The predicted molar refractivity (Wildman–Crippen MR) is 126 cm³/mol. The maximum Gasteiger partial charge on any atom is 0.373 e. The van der Waals surface area contributed by atoms with Crippen LogP contribution in [0.4, 0.5) is 13.2 Å². The molecular weight excluding hydrogens is 521 g/mol. The monoisotopic (exact) mass is 540 g/mol. The molecular formula is C22H20ClF3N6O3S. The Bertz CT molecular complexity index is 1300. The van der Waals surface area contributed by atoms with Crippen LogP contribution in [0.5, 0.6) is 0 Å². The molecule has 4 rings (SSSR count). The number of aromatic nitrogens is 3. The van der Waals surface area contributed by atoms with Gasteiger partial charge < -0.3 is 16.2 Å². The summed E-state index contributed by atoms with van der Waals surface area (Å²) in [5, 5.41) is 19.5. The third kappa shape index (κ3) is 6.25. The molecule has 0 amide bonds. The van der Waals surface area contributed by atoms with Gasteiger partial charge in [0, 0.05) is 51.6 Å². The van der Waals surface area contributed by atoms with Gasteiger partial charge in [-0.25, -0.2) is 14.1 Å². The Kier molecular flexibility index (Phi) is 8.77. The van der Waals surface area contributed by atoms with E-state index in [0.29, 0.717) is 32.4 Å². The zero-order valence-corrected chi connectivity index (χ0v) is 20.2. The average Bonchev–Trinajstić information content (AvgIpc) is 3.52. The Morgan fingerprint density at radius 3 is 2.64 bits per heavy atom. The summed E-state index contributed by atoms with van der Waals surface area (Å²) in [5.41, 5.74) is 6.83. The Morgan fingerprint density at radius 2 is 2.08 bits per heavy atom. The summed E-state index contributed by atoms with van der Waals surface area (Å²) >= 11 is 7.72. The molecule has 3 aromatic rings. The van der Waals surface area contributed by atoms with Crippen molar-refractivity contribution in [3.8, 4) is 0 Å². The molecule has 190 valence electrons. The minimum atomic E-state index is -2.83. The van der Waals surface area contributed by atoms with E-state index in [0.717, 1.165) is 12.3 Å². The van der Waals surface area contributed by atoms with Crippen LogP contribution in [-0.2, 0) is 9.59 Å². The number of rotatable bonds is 7. The minimum absolute atomic E-state index is 0.118. The molecule has 1 aliphatic rings. The molecule has 9 nitrogen and oxygen atoms in total. The van der Waals surface area contributed by atoms with Crippen LogP contribution < -0.4 is 11.1 Å². The van der Waals surface area contributed by atoms with Crippen LogP contribution in [0.25, 0.3) is 5.57 Å². The lowest BCUT2D eigenvalue weighted by Crippen LogP contribution is -2.44. The van der Waals surface area contributed by atoms with Gasteiger partial charge in [-0.2, -0.15) is 23.5 Å². The first kappa shape index (κ1) is 27.2. The van der Waals surface area contributed by atoms with Gasteiger partial charge in [-0.3, -0.25) is 4.99 Å². The summed E-state index contributed by atoms with van der Waals surface area (Å²) in [6.45, 7) is -1.51. The zero-order valence-electron chi connectivity index (χ0n) is 18.7. The van der Waals surface area contributed by atoms with Gasteiger partial charge in [0.15, 0.2) is 10.8 Å². The first-order chi connectivity index (χ1) is 17.1. The summed E-state index contributed by atoms with van der Waals surface area (Å²) in [4.78, 5) is 25.3. The summed E-state index contributed by atoms with van der Waals surface area (Å²) < 4.78 is 40.8. The Labute approximate surface area is 212 Å². The second kappa shape index (κ2) is 11.6. The molecule has 0 aliphatic carbocycles. The van der Waals surface area contributed by atoms with E-state index >= 15 is 0 Å². The Morgan fingerprint density at radius 1 is 1.36 bits per heavy atom. The molecule has 14 heteroatoms. The second-order valence-corrected chi connectivity index (χ2v) is 9.23. The van der Waals surface area contributed by atoms with Gasteiger partial charge in [0.25, 0.3) is 0 Å². The Balaban J connectivity index is 0.00000115. The number of nitrogens with two attached hydrogens (primary N) is 1. The van der Waals surface area contributed by atoms with Gasteiger partial charge in [0.1, 0.15) is 11.9 Å². The van der Waals surface area contributed by atoms with Crippen molar-refractivity contribution in [1.29, 1.82) is 0 Å². The van der Waals surface area contributed by atoms with Gasteiger partial charge in [0.05, 0.1) is 12.3 Å². The Hall–Kier alpha value is -3.35. The van der Waals surface area contributed by atoms with Crippen LogP contribution in [0.1, 0.15) is 42.2 Å². The van der Waals surface area contributed by atoms with E-state index in [1.807, 2.05) is 0 Å². The molecule has 1 aromatic carbocycles. The van der Waals surface area contributed by atoms with Crippen molar-refractivity contribution in [2.45, 2.75) is 31.5 Å². The molecule has 4 N–H and O–H groups in total. The molecule has 2 atom stereocenters. The maximum atomic E-state index is 13.8. The lowest BCUT2D eigenvalue weighted by atomic mass is 9.88. The summed E-state index contributed by atoms with van der Waals surface area (Å²) in [6.07, 6.45) is 3.16. The van der Waals surface area contributed by atoms with Crippen molar-refractivity contribution in [2.75, 3.05) is 6.61 Å². The summed E-state index contributed by atoms with van der Waals surface area (Å²) in [7, 11) is 0. The molecule has 36 heavy (non-hydrogen) atoms.